The highest BCUT2D eigenvalue weighted by atomic mass is 35.5. The number of rotatable bonds is 3. The van der Waals surface area contributed by atoms with Crippen LogP contribution in [0, 0.1) is 11.6 Å². The molecule has 3 N–H and O–H groups in total. The monoisotopic (exact) mass is 354 g/mol. The Morgan fingerprint density at radius 2 is 1.81 bits per heavy atom. The molecule has 21 heavy (non-hydrogen) atoms. The summed E-state index contributed by atoms with van der Waals surface area (Å²) in [6.07, 6.45) is 0. The van der Waals surface area contributed by atoms with Gasteiger partial charge in [0, 0.05) is 11.8 Å². The van der Waals surface area contributed by atoms with E-state index in [-0.39, 0.29) is 21.9 Å². The molecule has 0 unspecified atom stereocenters. The minimum absolute atomic E-state index is 0.132. The van der Waals surface area contributed by atoms with E-state index >= 15 is 0 Å². The molecule has 0 radical (unpaired) electrons. The molecule has 1 aromatic carbocycles. The molecule has 0 spiro atoms. The molecule has 6 nitrogen and oxygen atoms in total. The van der Waals surface area contributed by atoms with Gasteiger partial charge in [0.25, 0.3) is 10.0 Å². The molecule has 0 amide bonds. The zero-order valence-electron chi connectivity index (χ0n) is 9.94. The number of hydrogen-bond acceptors (Lipinski definition) is 5. The van der Waals surface area contributed by atoms with Crippen molar-refractivity contribution in [3.63, 3.8) is 0 Å². The van der Waals surface area contributed by atoms with Crippen LogP contribution < -0.4 is 10.5 Å². The molecule has 1 aromatic heterocycles. The van der Waals surface area contributed by atoms with Gasteiger partial charge in [-0.25, -0.2) is 22.2 Å². The standard InChI is InChI=1S/C10H6Cl2F2N4O2S/c11-7-3-8(17-10(12)16-7)18-21(19,20)6-2-4(15)1-5(13)9(6)14/h1-3H,15H2,(H,16,17,18). The number of anilines is 2. The zero-order chi connectivity index (χ0) is 15.8. The van der Waals surface area contributed by atoms with E-state index in [1.54, 1.807) is 0 Å². The van der Waals surface area contributed by atoms with Crippen LogP contribution in [0.2, 0.25) is 10.4 Å². The van der Waals surface area contributed by atoms with E-state index in [1.165, 1.54) is 0 Å². The van der Waals surface area contributed by atoms with E-state index in [9.17, 15) is 17.2 Å². The van der Waals surface area contributed by atoms with Gasteiger partial charge >= 0.3 is 0 Å². The van der Waals surface area contributed by atoms with Gasteiger partial charge in [-0.05, 0) is 23.7 Å². The molecule has 11 heteroatoms. The van der Waals surface area contributed by atoms with Crippen LogP contribution in [0.4, 0.5) is 20.3 Å². The van der Waals surface area contributed by atoms with Gasteiger partial charge in [-0.3, -0.25) is 4.72 Å². The van der Waals surface area contributed by atoms with Gasteiger partial charge in [-0.2, -0.15) is 4.98 Å². The molecular weight excluding hydrogens is 349 g/mol. The normalized spacial score (nSPS) is 11.4. The highest BCUT2D eigenvalue weighted by molar-refractivity contribution is 7.92. The molecule has 0 saturated heterocycles. The molecular formula is C10H6Cl2F2N4O2S. The van der Waals surface area contributed by atoms with Crippen molar-refractivity contribution in [3.05, 3.63) is 40.3 Å². The molecule has 112 valence electrons. The van der Waals surface area contributed by atoms with E-state index < -0.39 is 26.6 Å². The van der Waals surface area contributed by atoms with E-state index in [1.807, 2.05) is 4.72 Å². The van der Waals surface area contributed by atoms with Gasteiger partial charge < -0.3 is 5.73 Å². The predicted molar refractivity (Wildman–Crippen MR) is 73.6 cm³/mol. The minimum atomic E-state index is -4.48. The number of nitrogens with zero attached hydrogens (tertiary/aromatic N) is 2. The quantitative estimate of drug-likeness (QED) is 0.501. The Morgan fingerprint density at radius 3 is 2.43 bits per heavy atom. The first kappa shape index (κ1) is 15.7. The Balaban J connectivity index is 2.48. The Bertz CT molecular complexity index is 797. The first-order valence-corrected chi connectivity index (χ1v) is 7.40. The minimum Gasteiger partial charge on any atom is -0.399 e. The fraction of sp³-hybridized carbons (Fsp3) is 0. The van der Waals surface area contributed by atoms with Crippen LogP contribution in [0.25, 0.3) is 0 Å². The van der Waals surface area contributed by atoms with Crippen molar-refractivity contribution < 1.29 is 17.2 Å². The number of aromatic nitrogens is 2. The molecule has 2 rings (SSSR count). The molecule has 0 fully saturated rings. The molecule has 0 aliphatic heterocycles. The Kier molecular flexibility index (Phi) is 4.17. The van der Waals surface area contributed by atoms with Gasteiger partial charge in [-0.15, -0.1) is 0 Å². The van der Waals surface area contributed by atoms with Crippen LogP contribution in [0.5, 0.6) is 0 Å². The summed E-state index contributed by atoms with van der Waals surface area (Å²) in [7, 11) is -4.48. The fourth-order valence-electron chi connectivity index (χ4n) is 1.41. The van der Waals surface area contributed by atoms with Crippen LogP contribution in [-0.4, -0.2) is 18.4 Å². The van der Waals surface area contributed by atoms with Gasteiger partial charge in [-0.1, -0.05) is 11.6 Å². The van der Waals surface area contributed by atoms with Crippen LogP contribution in [0.1, 0.15) is 0 Å². The summed E-state index contributed by atoms with van der Waals surface area (Å²) in [6, 6.07) is 2.48. The van der Waals surface area contributed by atoms with E-state index in [0.29, 0.717) is 6.07 Å². The lowest BCUT2D eigenvalue weighted by Crippen LogP contribution is -2.17. The lowest BCUT2D eigenvalue weighted by atomic mass is 10.3. The molecule has 0 bridgehead atoms. The van der Waals surface area contributed by atoms with Crippen molar-refractivity contribution in [1.29, 1.82) is 0 Å². The molecule has 2 aromatic rings. The van der Waals surface area contributed by atoms with Crippen molar-refractivity contribution in [1.82, 2.24) is 9.97 Å². The molecule has 1 heterocycles. The first-order chi connectivity index (χ1) is 9.69. The number of benzene rings is 1. The number of nitrogens with two attached hydrogens (primary N) is 1. The van der Waals surface area contributed by atoms with Crippen molar-refractivity contribution in [2.45, 2.75) is 4.90 Å². The van der Waals surface area contributed by atoms with Crippen LogP contribution in [0.15, 0.2) is 23.1 Å². The summed E-state index contributed by atoms with van der Waals surface area (Å²) in [5.74, 6) is -3.26. The summed E-state index contributed by atoms with van der Waals surface area (Å²) in [5.41, 5.74) is 5.04. The smallest absolute Gasteiger partial charge is 0.266 e. The maximum atomic E-state index is 13.6. The Labute approximate surface area is 128 Å². The van der Waals surface area contributed by atoms with Crippen molar-refractivity contribution in [2.24, 2.45) is 0 Å². The van der Waals surface area contributed by atoms with Gasteiger partial charge in [0.1, 0.15) is 15.9 Å². The average molecular weight is 355 g/mol. The Morgan fingerprint density at radius 1 is 1.14 bits per heavy atom. The van der Waals surface area contributed by atoms with E-state index in [4.69, 9.17) is 28.9 Å². The lowest BCUT2D eigenvalue weighted by Gasteiger charge is -2.09. The predicted octanol–water partition coefficient (Wildman–Crippen LogP) is 2.44. The van der Waals surface area contributed by atoms with Crippen LogP contribution in [-0.2, 0) is 10.0 Å². The van der Waals surface area contributed by atoms with Gasteiger partial charge in [0.15, 0.2) is 11.6 Å². The molecule has 0 aliphatic carbocycles. The second kappa shape index (κ2) is 5.58. The largest absolute Gasteiger partial charge is 0.399 e. The van der Waals surface area contributed by atoms with Crippen molar-refractivity contribution in [3.8, 4) is 0 Å². The molecule has 0 saturated carbocycles. The van der Waals surface area contributed by atoms with Gasteiger partial charge in [0.2, 0.25) is 5.28 Å². The van der Waals surface area contributed by atoms with Crippen LogP contribution in [0.3, 0.4) is 0 Å². The summed E-state index contributed by atoms with van der Waals surface area (Å²) in [4.78, 5) is 6.10. The third-order valence-electron chi connectivity index (χ3n) is 2.21. The van der Waals surface area contributed by atoms with Crippen molar-refractivity contribution in [2.75, 3.05) is 10.5 Å². The van der Waals surface area contributed by atoms with E-state index in [0.717, 1.165) is 12.1 Å². The second-order valence-electron chi connectivity index (χ2n) is 3.77. The maximum absolute atomic E-state index is 13.6. The maximum Gasteiger partial charge on any atom is 0.266 e. The summed E-state index contributed by atoms with van der Waals surface area (Å²) in [6.45, 7) is 0. The second-order valence-corrected chi connectivity index (χ2v) is 6.14. The van der Waals surface area contributed by atoms with Crippen molar-refractivity contribution >= 4 is 44.7 Å². The number of nitrogens with one attached hydrogen (secondary N) is 1. The highest BCUT2D eigenvalue weighted by Gasteiger charge is 2.23. The highest BCUT2D eigenvalue weighted by Crippen LogP contribution is 2.24. The molecule has 0 aliphatic rings. The van der Waals surface area contributed by atoms with E-state index in [2.05, 4.69) is 9.97 Å². The number of nitrogen functional groups attached to an aromatic ring is 1. The summed E-state index contributed by atoms with van der Waals surface area (Å²) < 4.78 is 52.8. The number of halogens is 4. The fourth-order valence-corrected chi connectivity index (χ4v) is 2.94. The lowest BCUT2D eigenvalue weighted by molar-refractivity contribution is 0.486. The number of hydrogen-bond donors (Lipinski definition) is 2. The summed E-state index contributed by atoms with van der Waals surface area (Å²) in [5, 5.41) is -0.452. The summed E-state index contributed by atoms with van der Waals surface area (Å²) >= 11 is 11.1. The third kappa shape index (κ3) is 3.49. The Hall–Kier alpha value is -1.71. The number of sulfonamides is 1. The topological polar surface area (TPSA) is 98.0 Å². The average Bonchev–Trinajstić information content (AvgIpc) is 2.31. The first-order valence-electron chi connectivity index (χ1n) is 5.16. The molecule has 0 atom stereocenters. The zero-order valence-corrected chi connectivity index (χ0v) is 12.3. The van der Waals surface area contributed by atoms with Gasteiger partial charge in [0.05, 0.1) is 0 Å². The third-order valence-corrected chi connectivity index (χ3v) is 3.93. The van der Waals surface area contributed by atoms with Crippen LogP contribution >= 0.6 is 23.2 Å². The SMILES string of the molecule is Nc1cc(F)c(F)c(S(=O)(=O)Nc2cc(Cl)nc(Cl)n2)c1.